The number of carbonyl (C=O) groups is 2. The highest BCUT2D eigenvalue weighted by molar-refractivity contribution is 5.98. The van der Waals surface area contributed by atoms with E-state index in [1.165, 1.54) is 17.8 Å². The van der Waals surface area contributed by atoms with Crippen molar-refractivity contribution in [2.75, 3.05) is 31.9 Å². The van der Waals surface area contributed by atoms with Crippen molar-refractivity contribution >= 4 is 34.5 Å². The molecule has 36 heavy (non-hydrogen) atoms. The number of anilines is 2. The van der Waals surface area contributed by atoms with Crippen LogP contribution in [-0.4, -0.2) is 57.7 Å². The molecule has 4 heterocycles. The van der Waals surface area contributed by atoms with Gasteiger partial charge in [0.15, 0.2) is 11.5 Å². The van der Waals surface area contributed by atoms with Crippen LogP contribution in [-0.2, 0) is 9.47 Å². The van der Waals surface area contributed by atoms with Gasteiger partial charge < -0.3 is 24.7 Å². The van der Waals surface area contributed by atoms with Crippen molar-refractivity contribution in [2.24, 2.45) is 0 Å². The first kappa shape index (κ1) is 26.1. The van der Waals surface area contributed by atoms with E-state index >= 15 is 0 Å². The van der Waals surface area contributed by atoms with Crippen molar-refractivity contribution in [3.05, 3.63) is 48.5 Å². The van der Waals surface area contributed by atoms with Gasteiger partial charge in [-0.1, -0.05) is 0 Å². The number of aromatic nitrogens is 4. The average Bonchev–Trinajstić information content (AvgIpc) is 3.43. The normalized spacial score (nSPS) is 10.9. The van der Waals surface area contributed by atoms with Gasteiger partial charge in [-0.05, 0) is 45.9 Å². The monoisotopic (exact) mass is 498 g/mol. The highest BCUT2D eigenvalue weighted by Crippen LogP contribution is 2.28. The summed E-state index contributed by atoms with van der Waals surface area (Å²) in [5, 5.41) is 10.8. The first-order valence-electron chi connectivity index (χ1n) is 11.1. The summed E-state index contributed by atoms with van der Waals surface area (Å²) < 4.78 is 23.7. The number of pyridine rings is 2. The quantitative estimate of drug-likeness (QED) is 0.393. The molecule has 0 aliphatic heterocycles. The van der Waals surface area contributed by atoms with Crippen molar-refractivity contribution in [3.63, 3.8) is 0 Å². The Kier molecular flexibility index (Phi) is 7.87. The van der Waals surface area contributed by atoms with Gasteiger partial charge in [0.05, 0.1) is 61.8 Å². The Hall–Kier alpha value is -4.48. The summed E-state index contributed by atoms with van der Waals surface area (Å²) in [6.45, 7) is 7.28. The highest BCUT2D eigenvalue weighted by Gasteiger charge is 2.20. The Bertz CT molecular complexity index is 1370. The van der Waals surface area contributed by atoms with Crippen LogP contribution in [0, 0.1) is 0 Å². The molecule has 0 aliphatic rings. The van der Waals surface area contributed by atoms with Crippen LogP contribution in [0.25, 0.3) is 11.0 Å². The number of nitrogens with zero attached hydrogens (tertiary/aromatic N) is 4. The molecule has 1 amide bonds. The number of hydrogen-bond acceptors (Lipinski definition) is 9. The summed E-state index contributed by atoms with van der Waals surface area (Å²) in [5.41, 5.74) is 7.81. The van der Waals surface area contributed by atoms with Gasteiger partial charge >= 0.3 is 12.1 Å². The van der Waals surface area contributed by atoms with Crippen LogP contribution < -0.4 is 20.5 Å². The molecule has 0 spiro atoms. The summed E-state index contributed by atoms with van der Waals surface area (Å²) >= 11 is 0. The summed E-state index contributed by atoms with van der Waals surface area (Å²) in [6.07, 6.45) is 5.82. The molecular weight excluding hydrogens is 468 g/mol. The van der Waals surface area contributed by atoms with Gasteiger partial charge in [-0.3, -0.25) is 5.32 Å². The molecule has 0 unspecified atom stereocenters. The molecule has 0 saturated carbocycles. The van der Waals surface area contributed by atoms with Gasteiger partial charge in [0, 0.05) is 6.20 Å². The number of amides is 1. The predicted octanol–water partition coefficient (Wildman–Crippen LogP) is 3.79. The Balaban J connectivity index is 0.000000249. The maximum Gasteiger partial charge on any atom is 0.412 e. The van der Waals surface area contributed by atoms with Crippen LogP contribution in [0.2, 0.25) is 0 Å². The number of rotatable bonds is 5. The second-order valence-electron chi connectivity index (χ2n) is 8.49. The van der Waals surface area contributed by atoms with Gasteiger partial charge in [-0.2, -0.15) is 10.2 Å². The Morgan fingerprint density at radius 2 is 1.75 bits per heavy atom. The van der Waals surface area contributed by atoms with E-state index in [0.29, 0.717) is 34.0 Å². The minimum atomic E-state index is -0.631. The van der Waals surface area contributed by atoms with Gasteiger partial charge in [-0.25, -0.2) is 18.6 Å². The van der Waals surface area contributed by atoms with E-state index in [1.807, 2.05) is 12.1 Å². The summed E-state index contributed by atoms with van der Waals surface area (Å²) in [4.78, 5) is 24.0. The standard InChI is InChI=1S/C16H21N3O5.C8H9N3O/c1-6-23-14(20)10-8-17-19-9-13(22-5)11(7-12(10)19)18-15(21)24-16(2,3)4;1-12-8-5-11-6(2-3-10-11)4-7(8)9/h7-9H,6H2,1-5H3,(H,18,21);2-5H,9H2,1H3. The van der Waals surface area contributed by atoms with Crippen LogP contribution in [0.4, 0.5) is 16.2 Å². The molecule has 4 aromatic heterocycles. The molecule has 0 fully saturated rings. The van der Waals surface area contributed by atoms with Gasteiger partial charge in [0.1, 0.15) is 11.2 Å². The lowest BCUT2D eigenvalue weighted by molar-refractivity contribution is 0.0527. The SMILES string of the molecule is CCOC(=O)c1cnn2cc(OC)c(NC(=O)OC(C)(C)C)cc12.COc1cn2nccc2cc1N. The zero-order valence-electron chi connectivity index (χ0n) is 21.1. The van der Waals surface area contributed by atoms with Crippen molar-refractivity contribution in [2.45, 2.75) is 33.3 Å². The van der Waals surface area contributed by atoms with Crippen molar-refractivity contribution in [3.8, 4) is 11.5 Å². The topological polar surface area (TPSA) is 144 Å². The first-order valence-corrected chi connectivity index (χ1v) is 11.1. The average molecular weight is 499 g/mol. The summed E-state index contributed by atoms with van der Waals surface area (Å²) in [6, 6.07) is 5.30. The molecule has 0 atom stereocenters. The number of fused-ring (bicyclic) bond motifs is 2. The van der Waals surface area contributed by atoms with E-state index in [2.05, 4.69) is 15.5 Å². The molecule has 4 aromatic rings. The second kappa shape index (κ2) is 10.8. The fourth-order valence-corrected chi connectivity index (χ4v) is 3.18. The Morgan fingerprint density at radius 1 is 1.06 bits per heavy atom. The zero-order valence-corrected chi connectivity index (χ0v) is 21.1. The molecular formula is C24H30N6O6. The van der Waals surface area contributed by atoms with E-state index in [0.717, 1.165) is 5.52 Å². The van der Waals surface area contributed by atoms with Gasteiger partial charge in [-0.15, -0.1) is 0 Å². The Labute approximate surface area is 207 Å². The fraction of sp³-hybridized carbons (Fsp3) is 0.333. The molecule has 0 saturated heterocycles. The second-order valence-corrected chi connectivity index (χ2v) is 8.49. The first-order chi connectivity index (χ1) is 17.1. The molecule has 0 bridgehead atoms. The third-order valence-corrected chi connectivity index (χ3v) is 4.72. The van der Waals surface area contributed by atoms with Crippen LogP contribution in [0.3, 0.4) is 0 Å². The zero-order chi connectivity index (χ0) is 26.5. The maximum atomic E-state index is 12.0. The molecule has 12 nitrogen and oxygen atoms in total. The molecule has 4 rings (SSSR count). The third kappa shape index (κ3) is 6.14. The Morgan fingerprint density at radius 3 is 2.39 bits per heavy atom. The largest absolute Gasteiger partial charge is 0.493 e. The van der Waals surface area contributed by atoms with E-state index in [-0.39, 0.29) is 6.61 Å². The lowest BCUT2D eigenvalue weighted by Crippen LogP contribution is -2.27. The van der Waals surface area contributed by atoms with E-state index in [9.17, 15) is 9.59 Å². The lowest BCUT2D eigenvalue weighted by atomic mass is 10.2. The summed E-state index contributed by atoms with van der Waals surface area (Å²) in [7, 11) is 3.05. The molecule has 0 radical (unpaired) electrons. The molecule has 3 N–H and O–H groups in total. The van der Waals surface area contributed by atoms with Crippen molar-refractivity contribution in [1.29, 1.82) is 0 Å². The number of nitrogens with one attached hydrogen (secondary N) is 1. The fourth-order valence-electron chi connectivity index (χ4n) is 3.18. The van der Waals surface area contributed by atoms with Crippen LogP contribution in [0.15, 0.2) is 43.0 Å². The maximum absolute atomic E-state index is 12.0. The lowest BCUT2D eigenvalue weighted by Gasteiger charge is -2.20. The minimum absolute atomic E-state index is 0.259. The van der Waals surface area contributed by atoms with Crippen LogP contribution in [0.1, 0.15) is 38.1 Å². The van der Waals surface area contributed by atoms with Gasteiger partial charge in [0.2, 0.25) is 0 Å². The van der Waals surface area contributed by atoms with Crippen molar-refractivity contribution in [1.82, 2.24) is 19.2 Å². The van der Waals surface area contributed by atoms with Crippen LogP contribution >= 0.6 is 0 Å². The van der Waals surface area contributed by atoms with E-state index in [4.69, 9.17) is 24.7 Å². The number of carbonyl (C=O) groups excluding carboxylic acids is 2. The van der Waals surface area contributed by atoms with E-state index < -0.39 is 17.7 Å². The number of hydrogen-bond donors (Lipinski definition) is 2. The molecule has 192 valence electrons. The molecule has 0 aromatic carbocycles. The number of esters is 1. The minimum Gasteiger partial charge on any atom is -0.493 e. The smallest absolute Gasteiger partial charge is 0.412 e. The number of ether oxygens (including phenoxy) is 4. The molecule has 12 heteroatoms. The highest BCUT2D eigenvalue weighted by atomic mass is 16.6. The summed E-state index contributed by atoms with van der Waals surface area (Å²) in [5.74, 6) is 0.541. The van der Waals surface area contributed by atoms with Gasteiger partial charge in [0.25, 0.3) is 0 Å². The predicted molar refractivity (Wildman–Crippen MR) is 134 cm³/mol. The third-order valence-electron chi connectivity index (χ3n) is 4.72. The van der Waals surface area contributed by atoms with Crippen LogP contribution in [0.5, 0.6) is 11.5 Å². The van der Waals surface area contributed by atoms with E-state index in [1.54, 1.807) is 64.0 Å². The molecule has 0 aliphatic carbocycles. The van der Waals surface area contributed by atoms with Crippen molar-refractivity contribution < 1.29 is 28.5 Å². The number of methoxy groups -OCH3 is 2. The number of nitrogens with two attached hydrogens (primary N) is 1. The number of nitrogen functional groups attached to an aromatic ring is 1.